The molecule has 1 aliphatic heterocycles. The molecule has 0 aliphatic carbocycles. The zero-order chi connectivity index (χ0) is 22.1. The van der Waals surface area contributed by atoms with Crippen molar-refractivity contribution in [3.05, 3.63) is 40.3 Å². The van der Waals surface area contributed by atoms with Crippen LogP contribution in [-0.2, 0) is 11.3 Å². The van der Waals surface area contributed by atoms with Crippen LogP contribution in [0.25, 0.3) is 10.8 Å². The van der Waals surface area contributed by atoms with E-state index in [-0.39, 0.29) is 35.1 Å². The normalized spacial score (nSPS) is 18.5. The summed E-state index contributed by atoms with van der Waals surface area (Å²) < 4.78 is 1.34. The summed E-state index contributed by atoms with van der Waals surface area (Å²) in [5, 5.41) is 9.60. The third-order valence-electron chi connectivity index (χ3n) is 6.02. The van der Waals surface area contributed by atoms with Gasteiger partial charge in [0, 0.05) is 29.1 Å². The van der Waals surface area contributed by atoms with Gasteiger partial charge in [-0.25, -0.2) is 4.68 Å². The van der Waals surface area contributed by atoms with Gasteiger partial charge < -0.3 is 10.2 Å². The first kappa shape index (κ1) is 22.5. The molecule has 1 N–H and O–H groups in total. The van der Waals surface area contributed by atoms with Crippen molar-refractivity contribution >= 4 is 16.7 Å². The van der Waals surface area contributed by atoms with Gasteiger partial charge in [-0.3, -0.25) is 9.59 Å². The Morgan fingerprint density at radius 3 is 2.37 bits per heavy atom. The van der Waals surface area contributed by atoms with E-state index in [1.165, 1.54) is 4.68 Å². The maximum absolute atomic E-state index is 13.4. The molecule has 0 unspecified atom stereocenters. The number of piperidine rings is 1. The summed E-state index contributed by atoms with van der Waals surface area (Å²) in [7, 11) is 0. The van der Waals surface area contributed by atoms with Crippen LogP contribution in [-0.4, -0.2) is 44.3 Å². The van der Waals surface area contributed by atoms with Crippen molar-refractivity contribution in [2.24, 2.45) is 0 Å². The number of rotatable bonds is 6. The molecule has 1 aliphatic rings. The van der Waals surface area contributed by atoms with E-state index in [1.807, 2.05) is 30.0 Å². The topological polar surface area (TPSA) is 67.2 Å². The number of fused-ring (bicyclic) bond motifs is 1. The fourth-order valence-electron chi connectivity index (χ4n) is 5.06. The first-order valence-electron chi connectivity index (χ1n) is 11.1. The van der Waals surface area contributed by atoms with E-state index >= 15 is 0 Å². The lowest BCUT2D eigenvalue weighted by atomic mass is 9.79. The number of aryl methyl sites for hydroxylation is 1. The molecule has 1 amide bonds. The first-order valence-corrected chi connectivity index (χ1v) is 11.1. The molecular weight excluding hydrogens is 376 g/mol. The van der Waals surface area contributed by atoms with Crippen LogP contribution in [0.15, 0.2) is 29.1 Å². The molecule has 6 heteroatoms. The third-order valence-corrected chi connectivity index (χ3v) is 6.02. The van der Waals surface area contributed by atoms with Crippen molar-refractivity contribution in [3.63, 3.8) is 0 Å². The van der Waals surface area contributed by atoms with Gasteiger partial charge in [-0.05, 0) is 59.9 Å². The summed E-state index contributed by atoms with van der Waals surface area (Å²) in [6.07, 6.45) is 3.76. The van der Waals surface area contributed by atoms with Crippen molar-refractivity contribution in [3.8, 4) is 0 Å². The fourth-order valence-corrected chi connectivity index (χ4v) is 5.06. The van der Waals surface area contributed by atoms with Gasteiger partial charge >= 0.3 is 0 Å². The molecule has 0 radical (unpaired) electrons. The summed E-state index contributed by atoms with van der Waals surface area (Å²) >= 11 is 0. The van der Waals surface area contributed by atoms with E-state index in [0.717, 1.165) is 36.8 Å². The number of hydrogen-bond acceptors (Lipinski definition) is 4. The average molecular weight is 413 g/mol. The number of aromatic nitrogens is 2. The molecular formula is C24H36N4O2. The van der Waals surface area contributed by atoms with Gasteiger partial charge in [-0.15, -0.1) is 0 Å². The van der Waals surface area contributed by atoms with Crippen LogP contribution in [0.4, 0.5) is 0 Å². The number of carbonyl (C=O) groups is 1. The number of nitrogens with one attached hydrogen (secondary N) is 1. The number of nitrogens with zero attached hydrogens (tertiary/aromatic N) is 3. The Morgan fingerprint density at radius 1 is 1.17 bits per heavy atom. The highest BCUT2D eigenvalue weighted by atomic mass is 16.2. The number of carbonyl (C=O) groups excluding carboxylic acids is 1. The highest BCUT2D eigenvalue weighted by Crippen LogP contribution is 2.32. The molecule has 0 bridgehead atoms. The van der Waals surface area contributed by atoms with Crippen molar-refractivity contribution in [1.82, 2.24) is 20.0 Å². The van der Waals surface area contributed by atoms with Gasteiger partial charge in [0.2, 0.25) is 5.91 Å². The van der Waals surface area contributed by atoms with Crippen molar-refractivity contribution in [1.29, 1.82) is 0 Å². The molecule has 30 heavy (non-hydrogen) atoms. The van der Waals surface area contributed by atoms with E-state index in [2.05, 4.69) is 45.0 Å². The minimum absolute atomic E-state index is 0.0149. The van der Waals surface area contributed by atoms with Gasteiger partial charge in [0.15, 0.2) is 0 Å². The van der Waals surface area contributed by atoms with E-state index < -0.39 is 0 Å². The Morgan fingerprint density at radius 2 is 1.77 bits per heavy atom. The van der Waals surface area contributed by atoms with Gasteiger partial charge in [0.05, 0.1) is 11.1 Å². The largest absolute Gasteiger partial charge is 0.338 e. The molecule has 1 saturated heterocycles. The van der Waals surface area contributed by atoms with Crippen LogP contribution in [0, 0.1) is 6.92 Å². The van der Waals surface area contributed by atoms with Gasteiger partial charge in [0.25, 0.3) is 5.56 Å². The number of unbranched alkanes of at least 4 members (excludes halogenated alkanes) is 1. The SMILES string of the molecule is CCCCN(C(=O)Cn1nc(C)c2ccccc2c1=O)C1CC(C)(C)NC(C)(C)C1. The summed E-state index contributed by atoms with van der Waals surface area (Å²) in [4.78, 5) is 28.4. The third kappa shape index (κ3) is 4.91. The van der Waals surface area contributed by atoms with E-state index in [0.29, 0.717) is 11.9 Å². The predicted octanol–water partition coefficient (Wildman–Crippen LogP) is 3.64. The minimum atomic E-state index is -0.203. The Bertz CT molecular complexity index is 961. The predicted molar refractivity (Wildman–Crippen MR) is 122 cm³/mol. The number of benzene rings is 1. The van der Waals surface area contributed by atoms with E-state index in [9.17, 15) is 9.59 Å². The second-order valence-corrected chi connectivity index (χ2v) is 9.99. The Hall–Kier alpha value is -2.21. The number of hydrogen-bond donors (Lipinski definition) is 1. The molecule has 0 saturated carbocycles. The Labute approximate surface area is 179 Å². The second-order valence-electron chi connectivity index (χ2n) is 9.99. The molecule has 1 aromatic heterocycles. The molecule has 2 aromatic rings. The van der Waals surface area contributed by atoms with Crippen molar-refractivity contribution in [2.45, 2.75) is 90.9 Å². The molecule has 1 fully saturated rings. The molecule has 164 valence electrons. The lowest BCUT2D eigenvalue weighted by Gasteiger charge is -2.49. The maximum Gasteiger partial charge on any atom is 0.275 e. The molecule has 6 nitrogen and oxygen atoms in total. The zero-order valence-electron chi connectivity index (χ0n) is 19.3. The highest BCUT2D eigenvalue weighted by molar-refractivity contribution is 5.83. The summed E-state index contributed by atoms with van der Waals surface area (Å²) in [5.74, 6) is -0.0220. The first-order chi connectivity index (χ1) is 14.0. The summed E-state index contributed by atoms with van der Waals surface area (Å²) in [6, 6.07) is 7.60. The van der Waals surface area contributed by atoms with Crippen LogP contribution < -0.4 is 10.9 Å². The average Bonchev–Trinajstić information content (AvgIpc) is 2.64. The monoisotopic (exact) mass is 412 g/mol. The quantitative estimate of drug-likeness (QED) is 0.787. The Balaban J connectivity index is 1.90. The molecule has 1 aromatic carbocycles. The molecule has 0 atom stereocenters. The lowest BCUT2D eigenvalue weighted by molar-refractivity contribution is -0.136. The number of amides is 1. The van der Waals surface area contributed by atoms with Crippen LogP contribution in [0.1, 0.15) is 66.0 Å². The standard InChI is InChI=1S/C24H36N4O2/c1-7-8-13-27(18-14-23(3,4)26-24(5,6)15-18)21(29)16-28-22(30)20-12-10-9-11-19(20)17(2)25-28/h9-12,18,26H,7-8,13-16H2,1-6H3. The smallest absolute Gasteiger partial charge is 0.275 e. The minimum Gasteiger partial charge on any atom is -0.338 e. The van der Waals surface area contributed by atoms with Crippen molar-refractivity contribution < 1.29 is 4.79 Å². The zero-order valence-corrected chi connectivity index (χ0v) is 19.3. The summed E-state index contributed by atoms with van der Waals surface area (Å²) in [5.41, 5.74) is 0.464. The maximum atomic E-state index is 13.4. The second kappa shape index (κ2) is 8.50. The fraction of sp³-hybridized carbons (Fsp3) is 0.625. The highest BCUT2D eigenvalue weighted by Gasteiger charge is 2.41. The van der Waals surface area contributed by atoms with Crippen LogP contribution >= 0.6 is 0 Å². The molecule has 0 spiro atoms. The van der Waals surface area contributed by atoms with E-state index in [1.54, 1.807) is 6.07 Å². The van der Waals surface area contributed by atoms with Gasteiger partial charge in [0.1, 0.15) is 6.54 Å². The van der Waals surface area contributed by atoms with Gasteiger partial charge in [-0.2, -0.15) is 5.10 Å². The van der Waals surface area contributed by atoms with E-state index in [4.69, 9.17) is 0 Å². The van der Waals surface area contributed by atoms with Crippen molar-refractivity contribution in [2.75, 3.05) is 6.54 Å². The Kier molecular flexibility index (Phi) is 6.37. The van der Waals surface area contributed by atoms with Crippen LogP contribution in [0.5, 0.6) is 0 Å². The molecule has 2 heterocycles. The van der Waals surface area contributed by atoms with Crippen LogP contribution in [0.2, 0.25) is 0 Å². The van der Waals surface area contributed by atoms with Gasteiger partial charge in [-0.1, -0.05) is 31.5 Å². The van der Waals surface area contributed by atoms with Crippen LogP contribution in [0.3, 0.4) is 0 Å². The lowest BCUT2D eigenvalue weighted by Crippen LogP contribution is -2.63. The summed E-state index contributed by atoms with van der Waals surface area (Å²) in [6.45, 7) is 13.5. The molecule has 3 rings (SSSR count).